The standard InChI is InChI=1S/C9H16NO2/c1-8(11)4-5-9(12)10-6-2-3-7-10/h8H,2-7H2,1H3. The van der Waals surface area contributed by atoms with E-state index in [-0.39, 0.29) is 5.91 Å². The van der Waals surface area contributed by atoms with Gasteiger partial charge in [-0.25, -0.2) is 5.11 Å². The van der Waals surface area contributed by atoms with E-state index in [1.54, 1.807) is 6.92 Å². The van der Waals surface area contributed by atoms with Crippen molar-refractivity contribution in [3.05, 3.63) is 0 Å². The molecule has 1 aliphatic heterocycles. The second kappa shape index (κ2) is 4.45. The SMILES string of the molecule is CC([O])CCC(=O)N1CCCC1. The zero-order valence-electron chi connectivity index (χ0n) is 7.58. The van der Waals surface area contributed by atoms with Crippen molar-refractivity contribution in [1.29, 1.82) is 0 Å². The minimum absolute atomic E-state index is 0.162. The van der Waals surface area contributed by atoms with Crippen molar-refractivity contribution in [1.82, 2.24) is 4.90 Å². The first-order chi connectivity index (χ1) is 5.70. The average molecular weight is 170 g/mol. The highest BCUT2D eigenvalue weighted by Crippen LogP contribution is 2.10. The van der Waals surface area contributed by atoms with Crippen LogP contribution in [0.1, 0.15) is 32.6 Å². The maximum absolute atomic E-state index is 11.3. The van der Waals surface area contributed by atoms with Gasteiger partial charge in [-0.05, 0) is 26.2 Å². The Hall–Kier alpha value is -0.570. The molecule has 0 bridgehead atoms. The lowest BCUT2D eigenvalue weighted by Crippen LogP contribution is -2.27. The summed E-state index contributed by atoms with van der Waals surface area (Å²) >= 11 is 0. The second-order valence-corrected chi connectivity index (χ2v) is 3.44. The quantitative estimate of drug-likeness (QED) is 0.627. The van der Waals surface area contributed by atoms with Gasteiger partial charge >= 0.3 is 0 Å². The van der Waals surface area contributed by atoms with E-state index in [0.29, 0.717) is 12.8 Å². The molecule has 1 aliphatic rings. The second-order valence-electron chi connectivity index (χ2n) is 3.44. The largest absolute Gasteiger partial charge is 0.343 e. The van der Waals surface area contributed by atoms with Crippen molar-refractivity contribution in [2.45, 2.75) is 38.7 Å². The first kappa shape index (κ1) is 9.52. The molecular weight excluding hydrogens is 154 g/mol. The van der Waals surface area contributed by atoms with Gasteiger partial charge in [0, 0.05) is 19.5 Å². The Bertz CT molecular complexity index is 151. The molecule has 0 aromatic rings. The van der Waals surface area contributed by atoms with Crippen LogP contribution in [0.2, 0.25) is 0 Å². The molecule has 0 N–H and O–H groups in total. The molecule has 1 fully saturated rings. The van der Waals surface area contributed by atoms with Gasteiger partial charge in [-0.3, -0.25) is 4.79 Å². The first-order valence-corrected chi connectivity index (χ1v) is 4.64. The van der Waals surface area contributed by atoms with Crippen LogP contribution >= 0.6 is 0 Å². The van der Waals surface area contributed by atoms with Crippen molar-refractivity contribution in [3.8, 4) is 0 Å². The lowest BCUT2D eigenvalue weighted by molar-refractivity contribution is -0.130. The number of rotatable bonds is 3. The van der Waals surface area contributed by atoms with Crippen LogP contribution in [0, 0.1) is 0 Å². The van der Waals surface area contributed by atoms with Gasteiger partial charge in [0.1, 0.15) is 0 Å². The van der Waals surface area contributed by atoms with Crippen LogP contribution in [0.3, 0.4) is 0 Å². The minimum atomic E-state index is -0.600. The highest BCUT2D eigenvalue weighted by molar-refractivity contribution is 5.76. The summed E-state index contributed by atoms with van der Waals surface area (Å²) in [5.41, 5.74) is 0. The maximum atomic E-state index is 11.3. The highest BCUT2D eigenvalue weighted by atomic mass is 16.3. The number of amides is 1. The normalized spacial score (nSPS) is 19.7. The Morgan fingerprint density at radius 1 is 1.42 bits per heavy atom. The number of hydrogen-bond acceptors (Lipinski definition) is 1. The molecule has 1 unspecified atom stereocenters. The summed E-state index contributed by atoms with van der Waals surface area (Å²) in [6.07, 6.45) is 2.56. The van der Waals surface area contributed by atoms with Crippen LogP contribution in [-0.4, -0.2) is 30.0 Å². The molecule has 1 atom stereocenters. The molecular formula is C9H16NO2. The minimum Gasteiger partial charge on any atom is -0.343 e. The molecule has 0 aromatic carbocycles. The summed E-state index contributed by atoms with van der Waals surface area (Å²) in [7, 11) is 0. The number of carbonyl (C=O) groups excluding carboxylic acids is 1. The molecule has 1 heterocycles. The fourth-order valence-electron chi connectivity index (χ4n) is 1.45. The molecule has 69 valence electrons. The summed E-state index contributed by atoms with van der Waals surface area (Å²) in [5.74, 6) is 0.162. The molecule has 1 saturated heterocycles. The van der Waals surface area contributed by atoms with E-state index in [9.17, 15) is 9.90 Å². The Labute approximate surface area is 73.4 Å². The van der Waals surface area contributed by atoms with E-state index in [1.807, 2.05) is 4.90 Å². The van der Waals surface area contributed by atoms with Crippen molar-refractivity contribution < 1.29 is 9.90 Å². The Morgan fingerprint density at radius 2 is 2.00 bits per heavy atom. The van der Waals surface area contributed by atoms with Crippen LogP contribution in [0.15, 0.2) is 0 Å². The fourth-order valence-corrected chi connectivity index (χ4v) is 1.45. The topological polar surface area (TPSA) is 40.2 Å². The summed E-state index contributed by atoms with van der Waals surface area (Å²) in [5, 5.41) is 10.7. The van der Waals surface area contributed by atoms with Crippen molar-refractivity contribution in [2.75, 3.05) is 13.1 Å². The van der Waals surface area contributed by atoms with E-state index in [1.165, 1.54) is 0 Å². The zero-order valence-corrected chi connectivity index (χ0v) is 7.58. The molecule has 0 spiro atoms. The van der Waals surface area contributed by atoms with Crippen LogP contribution in [0.4, 0.5) is 0 Å². The van der Waals surface area contributed by atoms with Crippen LogP contribution in [-0.2, 0) is 9.90 Å². The molecule has 0 saturated carbocycles. The van der Waals surface area contributed by atoms with Gasteiger partial charge in [-0.15, -0.1) is 0 Å². The van der Waals surface area contributed by atoms with Crippen LogP contribution < -0.4 is 0 Å². The molecule has 1 radical (unpaired) electrons. The van der Waals surface area contributed by atoms with Crippen molar-refractivity contribution in [3.63, 3.8) is 0 Å². The predicted octanol–water partition coefficient (Wildman–Crippen LogP) is 1.21. The summed E-state index contributed by atoms with van der Waals surface area (Å²) in [6.45, 7) is 3.40. The van der Waals surface area contributed by atoms with Gasteiger partial charge in [0.05, 0.1) is 6.10 Å². The van der Waals surface area contributed by atoms with Crippen molar-refractivity contribution in [2.24, 2.45) is 0 Å². The van der Waals surface area contributed by atoms with Gasteiger partial charge in [0.2, 0.25) is 5.91 Å². The van der Waals surface area contributed by atoms with Gasteiger partial charge in [-0.2, -0.15) is 0 Å². The van der Waals surface area contributed by atoms with E-state index < -0.39 is 6.10 Å². The molecule has 3 heteroatoms. The lowest BCUT2D eigenvalue weighted by Gasteiger charge is -2.14. The van der Waals surface area contributed by atoms with E-state index >= 15 is 0 Å². The fraction of sp³-hybridized carbons (Fsp3) is 0.889. The van der Waals surface area contributed by atoms with Crippen LogP contribution in [0.5, 0.6) is 0 Å². The maximum Gasteiger partial charge on any atom is 0.222 e. The smallest absolute Gasteiger partial charge is 0.222 e. The van der Waals surface area contributed by atoms with Gasteiger partial charge in [0.15, 0.2) is 0 Å². The Kier molecular flexibility index (Phi) is 3.53. The molecule has 12 heavy (non-hydrogen) atoms. The third kappa shape index (κ3) is 2.81. The molecule has 1 rings (SSSR count). The summed E-state index contributed by atoms with van der Waals surface area (Å²) < 4.78 is 0. The third-order valence-electron chi connectivity index (χ3n) is 2.22. The van der Waals surface area contributed by atoms with Crippen LogP contribution in [0.25, 0.3) is 0 Å². The number of nitrogens with zero attached hydrogens (tertiary/aromatic N) is 1. The zero-order chi connectivity index (χ0) is 8.97. The third-order valence-corrected chi connectivity index (χ3v) is 2.22. The molecule has 1 amide bonds. The van der Waals surface area contributed by atoms with E-state index in [0.717, 1.165) is 25.9 Å². The number of likely N-dealkylation sites (tertiary alicyclic amines) is 1. The molecule has 0 aromatic heterocycles. The summed E-state index contributed by atoms with van der Waals surface area (Å²) in [4.78, 5) is 13.2. The first-order valence-electron chi connectivity index (χ1n) is 4.64. The van der Waals surface area contributed by atoms with Gasteiger partial charge in [-0.1, -0.05) is 0 Å². The lowest BCUT2D eigenvalue weighted by atomic mass is 10.2. The van der Waals surface area contributed by atoms with E-state index in [4.69, 9.17) is 0 Å². The van der Waals surface area contributed by atoms with Crippen molar-refractivity contribution >= 4 is 5.91 Å². The number of carbonyl (C=O) groups is 1. The monoisotopic (exact) mass is 170 g/mol. The summed E-state index contributed by atoms with van der Waals surface area (Å²) in [6, 6.07) is 0. The van der Waals surface area contributed by atoms with Gasteiger partial charge in [0.25, 0.3) is 0 Å². The molecule has 0 aliphatic carbocycles. The average Bonchev–Trinajstić information content (AvgIpc) is 2.51. The van der Waals surface area contributed by atoms with Gasteiger partial charge < -0.3 is 4.90 Å². The molecule has 3 nitrogen and oxygen atoms in total. The predicted molar refractivity (Wildman–Crippen MR) is 45.2 cm³/mol. The Morgan fingerprint density at radius 3 is 2.50 bits per heavy atom. The Balaban J connectivity index is 2.18. The van der Waals surface area contributed by atoms with E-state index in [2.05, 4.69) is 0 Å². The number of hydrogen-bond donors (Lipinski definition) is 0. The highest BCUT2D eigenvalue weighted by Gasteiger charge is 2.17.